The minimum Gasteiger partial charge on any atom is -0.425 e. The molecule has 0 aliphatic carbocycles. The normalized spacial score (nSPS) is 17.2. The zero-order valence-corrected chi connectivity index (χ0v) is 6.90. The van der Waals surface area contributed by atoms with E-state index in [1.54, 1.807) is 6.07 Å². The van der Waals surface area contributed by atoms with Gasteiger partial charge in [-0.15, -0.1) is 0 Å². The smallest absolute Gasteiger partial charge is 0.147 e. The van der Waals surface area contributed by atoms with Crippen LogP contribution in [0.3, 0.4) is 0 Å². The molecule has 2 heterocycles. The second-order valence-electron chi connectivity index (χ2n) is 3.12. The molecule has 1 saturated heterocycles. The Morgan fingerprint density at radius 3 is 2.42 bits per heavy atom. The number of nitrogens with two attached hydrogens (primary N) is 1. The van der Waals surface area contributed by atoms with Crippen molar-refractivity contribution in [1.82, 2.24) is 4.73 Å². The number of hydrogen-bond acceptors (Lipinski definition) is 3. The first kappa shape index (κ1) is 7.34. The lowest BCUT2D eigenvalue weighted by atomic mass is 10.4. The van der Waals surface area contributed by atoms with Crippen LogP contribution in [0.4, 0.5) is 11.6 Å². The lowest BCUT2D eigenvalue weighted by Crippen LogP contribution is -2.20. The van der Waals surface area contributed by atoms with Gasteiger partial charge < -0.3 is 15.8 Å². The van der Waals surface area contributed by atoms with E-state index in [9.17, 15) is 5.21 Å². The Kier molecular flexibility index (Phi) is 1.60. The Balaban J connectivity index is 2.26. The van der Waals surface area contributed by atoms with Crippen LogP contribution in [0, 0.1) is 0 Å². The van der Waals surface area contributed by atoms with Gasteiger partial charge in [0, 0.05) is 13.1 Å². The Bertz CT molecular complexity index is 276. The monoisotopic (exact) mass is 167 g/mol. The van der Waals surface area contributed by atoms with Gasteiger partial charge in [0.1, 0.15) is 11.6 Å². The molecule has 12 heavy (non-hydrogen) atoms. The Morgan fingerprint density at radius 2 is 1.92 bits per heavy atom. The molecule has 0 spiro atoms. The van der Waals surface area contributed by atoms with Gasteiger partial charge in [0.25, 0.3) is 0 Å². The molecular formula is C8H13N3O. The topological polar surface area (TPSA) is 54.4 Å². The van der Waals surface area contributed by atoms with Crippen LogP contribution in [0.25, 0.3) is 0 Å². The van der Waals surface area contributed by atoms with Crippen molar-refractivity contribution in [2.24, 2.45) is 0 Å². The second kappa shape index (κ2) is 2.62. The summed E-state index contributed by atoms with van der Waals surface area (Å²) in [6, 6.07) is 3.56. The Hall–Kier alpha value is -1.32. The number of aromatic nitrogens is 1. The van der Waals surface area contributed by atoms with E-state index < -0.39 is 0 Å². The van der Waals surface area contributed by atoms with Crippen molar-refractivity contribution < 1.29 is 5.21 Å². The molecule has 0 atom stereocenters. The summed E-state index contributed by atoms with van der Waals surface area (Å²) in [7, 11) is 0. The fourth-order valence-corrected chi connectivity index (χ4v) is 1.62. The third-order valence-corrected chi connectivity index (χ3v) is 2.29. The summed E-state index contributed by atoms with van der Waals surface area (Å²) in [5, 5.41) is 9.45. The average Bonchev–Trinajstić information content (AvgIpc) is 2.64. The summed E-state index contributed by atoms with van der Waals surface area (Å²) in [5.74, 6) is 1.21. The van der Waals surface area contributed by atoms with E-state index in [1.165, 1.54) is 12.8 Å². The third-order valence-electron chi connectivity index (χ3n) is 2.29. The molecule has 1 aromatic heterocycles. The second-order valence-corrected chi connectivity index (χ2v) is 3.12. The van der Waals surface area contributed by atoms with Crippen molar-refractivity contribution in [3.05, 3.63) is 12.1 Å². The fourth-order valence-electron chi connectivity index (χ4n) is 1.62. The lowest BCUT2D eigenvalue weighted by Gasteiger charge is -2.16. The molecule has 4 heteroatoms. The molecule has 0 radical (unpaired) electrons. The van der Waals surface area contributed by atoms with Gasteiger partial charge in [0.05, 0.1) is 0 Å². The molecule has 4 nitrogen and oxygen atoms in total. The van der Waals surface area contributed by atoms with E-state index in [4.69, 9.17) is 5.73 Å². The molecule has 1 aromatic rings. The highest BCUT2D eigenvalue weighted by Crippen LogP contribution is 2.22. The minimum atomic E-state index is 0.400. The summed E-state index contributed by atoms with van der Waals surface area (Å²) in [4.78, 5) is 2.14. The predicted molar refractivity (Wildman–Crippen MR) is 47.5 cm³/mol. The van der Waals surface area contributed by atoms with E-state index in [1.807, 2.05) is 6.07 Å². The van der Waals surface area contributed by atoms with Crippen LogP contribution in [0.5, 0.6) is 0 Å². The van der Waals surface area contributed by atoms with Crippen molar-refractivity contribution in [3.8, 4) is 0 Å². The molecule has 0 aromatic carbocycles. The summed E-state index contributed by atoms with van der Waals surface area (Å²) in [6.45, 7) is 2.04. The molecule has 1 aliphatic heterocycles. The van der Waals surface area contributed by atoms with Crippen LogP contribution >= 0.6 is 0 Å². The lowest BCUT2D eigenvalue weighted by molar-refractivity contribution is 0.196. The highest BCUT2D eigenvalue weighted by molar-refractivity contribution is 5.49. The van der Waals surface area contributed by atoms with Gasteiger partial charge in [-0.1, -0.05) is 0 Å². The first-order valence-electron chi connectivity index (χ1n) is 4.20. The molecule has 0 bridgehead atoms. The first-order valence-corrected chi connectivity index (χ1v) is 4.20. The van der Waals surface area contributed by atoms with Gasteiger partial charge in [-0.25, -0.2) is 0 Å². The zero-order valence-electron chi connectivity index (χ0n) is 6.90. The van der Waals surface area contributed by atoms with Crippen LogP contribution in [0.15, 0.2) is 12.1 Å². The SMILES string of the molecule is Nc1ccc(N2CCCC2)n1O. The van der Waals surface area contributed by atoms with E-state index >= 15 is 0 Å². The zero-order chi connectivity index (χ0) is 8.55. The highest BCUT2D eigenvalue weighted by Gasteiger charge is 2.16. The standard InChI is InChI=1S/C8H13N3O/c9-7-3-4-8(11(7)12)10-5-1-2-6-10/h3-4,12H,1-2,5-6,9H2. The van der Waals surface area contributed by atoms with Crippen LogP contribution in [0.2, 0.25) is 0 Å². The van der Waals surface area contributed by atoms with Crippen molar-refractivity contribution in [2.45, 2.75) is 12.8 Å². The molecule has 1 fully saturated rings. The molecule has 0 amide bonds. The van der Waals surface area contributed by atoms with Gasteiger partial charge in [0.2, 0.25) is 0 Å². The van der Waals surface area contributed by atoms with Crippen molar-refractivity contribution in [1.29, 1.82) is 0 Å². The number of nitrogen functional groups attached to an aromatic ring is 1. The van der Waals surface area contributed by atoms with Crippen molar-refractivity contribution in [2.75, 3.05) is 23.7 Å². The maximum absolute atomic E-state index is 9.45. The summed E-state index contributed by atoms with van der Waals surface area (Å²) in [6.07, 6.45) is 2.40. The van der Waals surface area contributed by atoms with Gasteiger partial charge in [-0.2, -0.15) is 4.73 Å². The van der Waals surface area contributed by atoms with Crippen LogP contribution < -0.4 is 10.6 Å². The van der Waals surface area contributed by atoms with E-state index in [0.29, 0.717) is 5.82 Å². The van der Waals surface area contributed by atoms with Gasteiger partial charge in [0.15, 0.2) is 0 Å². The summed E-state index contributed by atoms with van der Waals surface area (Å²) < 4.78 is 1.05. The first-order chi connectivity index (χ1) is 5.79. The molecule has 66 valence electrons. The maximum atomic E-state index is 9.45. The van der Waals surface area contributed by atoms with Crippen molar-refractivity contribution >= 4 is 11.6 Å². The number of rotatable bonds is 1. The molecule has 2 rings (SSSR count). The molecule has 3 N–H and O–H groups in total. The Labute approximate surface area is 71.2 Å². The predicted octanol–water partition coefficient (Wildman–Crippen LogP) is 0.908. The van der Waals surface area contributed by atoms with Crippen LogP contribution in [0.1, 0.15) is 12.8 Å². The third kappa shape index (κ3) is 0.995. The number of nitrogens with zero attached hydrogens (tertiary/aromatic N) is 2. The van der Waals surface area contributed by atoms with Gasteiger partial charge >= 0.3 is 0 Å². The van der Waals surface area contributed by atoms with Crippen LogP contribution in [-0.4, -0.2) is 23.0 Å². The van der Waals surface area contributed by atoms with Gasteiger partial charge in [-0.3, -0.25) is 0 Å². The highest BCUT2D eigenvalue weighted by atomic mass is 16.5. The summed E-state index contributed by atoms with van der Waals surface area (Å²) in [5.41, 5.74) is 5.49. The maximum Gasteiger partial charge on any atom is 0.147 e. The minimum absolute atomic E-state index is 0.400. The average molecular weight is 167 g/mol. The molecule has 0 saturated carbocycles. The number of anilines is 2. The van der Waals surface area contributed by atoms with Crippen molar-refractivity contribution in [3.63, 3.8) is 0 Å². The van der Waals surface area contributed by atoms with E-state index in [0.717, 1.165) is 23.6 Å². The molecular weight excluding hydrogens is 154 g/mol. The molecule has 0 unspecified atom stereocenters. The number of hydrogen-bond donors (Lipinski definition) is 2. The molecule has 1 aliphatic rings. The largest absolute Gasteiger partial charge is 0.425 e. The summed E-state index contributed by atoms with van der Waals surface area (Å²) >= 11 is 0. The van der Waals surface area contributed by atoms with E-state index in [2.05, 4.69) is 4.90 Å². The van der Waals surface area contributed by atoms with E-state index in [-0.39, 0.29) is 0 Å². The van der Waals surface area contributed by atoms with Crippen LogP contribution in [-0.2, 0) is 0 Å². The quantitative estimate of drug-likeness (QED) is 0.611. The Morgan fingerprint density at radius 1 is 1.25 bits per heavy atom. The fraction of sp³-hybridized carbons (Fsp3) is 0.500. The van der Waals surface area contributed by atoms with Gasteiger partial charge in [-0.05, 0) is 25.0 Å².